The smallest absolute Gasteiger partial charge is 0.363 e. The second-order valence-electron chi connectivity index (χ2n) is 7.17. The molecular formula is C25H20ClNO7S. The van der Waals surface area contributed by atoms with Crippen LogP contribution in [0.15, 0.2) is 82.3 Å². The zero-order valence-corrected chi connectivity index (χ0v) is 20.3. The Morgan fingerprint density at radius 3 is 2.46 bits per heavy atom. The highest BCUT2D eigenvalue weighted by atomic mass is 35.5. The van der Waals surface area contributed by atoms with E-state index in [1.54, 1.807) is 55.5 Å². The molecular weight excluding hydrogens is 494 g/mol. The van der Waals surface area contributed by atoms with Crippen LogP contribution < -0.4 is 13.7 Å². The van der Waals surface area contributed by atoms with Gasteiger partial charge in [-0.3, -0.25) is 0 Å². The Bertz CT molecular complexity index is 1430. The van der Waals surface area contributed by atoms with Gasteiger partial charge in [-0.2, -0.15) is 8.42 Å². The highest BCUT2D eigenvalue weighted by Gasteiger charge is 2.27. The van der Waals surface area contributed by atoms with Gasteiger partial charge in [-0.1, -0.05) is 35.9 Å². The maximum atomic E-state index is 12.6. The molecule has 0 radical (unpaired) electrons. The van der Waals surface area contributed by atoms with Gasteiger partial charge in [0.25, 0.3) is 0 Å². The van der Waals surface area contributed by atoms with Crippen molar-refractivity contribution in [2.24, 2.45) is 4.99 Å². The van der Waals surface area contributed by atoms with E-state index in [1.807, 2.05) is 0 Å². The number of esters is 1. The van der Waals surface area contributed by atoms with E-state index in [9.17, 15) is 13.2 Å². The van der Waals surface area contributed by atoms with Gasteiger partial charge in [0.15, 0.2) is 17.2 Å². The van der Waals surface area contributed by atoms with Crippen molar-refractivity contribution in [1.29, 1.82) is 0 Å². The van der Waals surface area contributed by atoms with Crippen LogP contribution in [0.2, 0.25) is 5.02 Å². The van der Waals surface area contributed by atoms with E-state index in [0.717, 1.165) is 0 Å². The molecule has 1 aliphatic rings. The molecule has 0 saturated heterocycles. The van der Waals surface area contributed by atoms with Crippen LogP contribution in [0.4, 0.5) is 0 Å². The average Bonchev–Trinajstić information content (AvgIpc) is 3.21. The van der Waals surface area contributed by atoms with E-state index in [1.165, 1.54) is 31.4 Å². The number of ether oxygens (including phenoxy) is 3. The number of carbonyl (C=O) groups excluding carboxylic acids is 1. The Morgan fingerprint density at radius 2 is 1.74 bits per heavy atom. The fourth-order valence-corrected chi connectivity index (χ4v) is 4.37. The molecule has 10 heteroatoms. The molecule has 0 unspecified atom stereocenters. The van der Waals surface area contributed by atoms with E-state index in [4.69, 9.17) is 30.0 Å². The lowest BCUT2D eigenvalue weighted by molar-refractivity contribution is -0.129. The zero-order valence-electron chi connectivity index (χ0n) is 18.7. The number of nitrogens with zero attached hydrogens (tertiary/aromatic N) is 1. The number of halogens is 1. The number of rotatable bonds is 8. The molecule has 180 valence electrons. The van der Waals surface area contributed by atoms with E-state index in [-0.39, 0.29) is 34.6 Å². The molecule has 0 saturated carbocycles. The Labute approximate surface area is 207 Å². The number of aliphatic imine (C=N–C) groups is 1. The largest absolute Gasteiger partial charge is 0.496 e. The average molecular weight is 514 g/mol. The molecule has 0 fully saturated rings. The first kappa shape index (κ1) is 24.3. The summed E-state index contributed by atoms with van der Waals surface area (Å²) in [6.45, 7) is 2.02. The Kier molecular flexibility index (Phi) is 7.09. The highest BCUT2D eigenvalue weighted by molar-refractivity contribution is 7.87. The minimum absolute atomic E-state index is 0.0136. The monoisotopic (exact) mass is 513 g/mol. The molecule has 0 aromatic heterocycles. The van der Waals surface area contributed by atoms with Gasteiger partial charge < -0.3 is 18.4 Å². The Hall–Kier alpha value is -3.82. The van der Waals surface area contributed by atoms with Crippen molar-refractivity contribution in [3.63, 3.8) is 0 Å². The molecule has 8 nitrogen and oxygen atoms in total. The van der Waals surface area contributed by atoms with Crippen molar-refractivity contribution in [2.45, 2.75) is 11.8 Å². The molecule has 1 heterocycles. The second kappa shape index (κ2) is 10.2. The number of hydrogen-bond donors (Lipinski definition) is 0. The maximum Gasteiger partial charge on any atom is 0.363 e. The first-order valence-corrected chi connectivity index (χ1v) is 12.2. The van der Waals surface area contributed by atoms with Gasteiger partial charge in [-0.05, 0) is 61.0 Å². The summed E-state index contributed by atoms with van der Waals surface area (Å²) in [5.74, 6) is 0.0432. The molecule has 0 amide bonds. The van der Waals surface area contributed by atoms with Gasteiger partial charge >= 0.3 is 16.1 Å². The summed E-state index contributed by atoms with van der Waals surface area (Å²) < 4.78 is 46.8. The number of hydrogen-bond acceptors (Lipinski definition) is 8. The van der Waals surface area contributed by atoms with Gasteiger partial charge in [-0.15, -0.1) is 0 Å². The lowest BCUT2D eigenvalue weighted by Crippen LogP contribution is -2.10. The van der Waals surface area contributed by atoms with Crippen LogP contribution in [0.1, 0.15) is 18.1 Å². The minimum atomic E-state index is -4.06. The van der Waals surface area contributed by atoms with Crippen molar-refractivity contribution < 1.29 is 31.6 Å². The highest BCUT2D eigenvalue weighted by Crippen LogP contribution is 2.33. The molecule has 3 aromatic carbocycles. The lowest BCUT2D eigenvalue weighted by Gasteiger charge is -2.12. The van der Waals surface area contributed by atoms with Gasteiger partial charge in [-0.25, -0.2) is 9.79 Å². The Balaban J connectivity index is 1.66. The predicted octanol–water partition coefficient (Wildman–Crippen LogP) is 4.86. The Morgan fingerprint density at radius 1 is 1.00 bits per heavy atom. The molecule has 35 heavy (non-hydrogen) atoms. The molecule has 1 aliphatic heterocycles. The third-order valence-corrected chi connectivity index (χ3v) is 6.30. The zero-order chi connectivity index (χ0) is 25.0. The normalized spacial score (nSPS) is 14.4. The summed E-state index contributed by atoms with van der Waals surface area (Å²) in [6, 6.07) is 17.2. The molecule has 0 spiro atoms. The fraction of sp³-hybridized carbons (Fsp3) is 0.120. The third-order valence-electron chi connectivity index (χ3n) is 4.81. The van der Waals surface area contributed by atoms with E-state index < -0.39 is 16.1 Å². The van der Waals surface area contributed by atoms with Gasteiger partial charge in [0, 0.05) is 5.02 Å². The quantitative estimate of drug-likeness (QED) is 0.241. The second-order valence-corrected chi connectivity index (χ2v) is 9.15. The minimum Gasteiger partial charge on any atom is -0.496 e. The van der Waals surface area contributed by atoms with Crippen molar-refractivity contribution in [3.05, 3.63) is 88.6 Å². The maximum absolute atomic E-state index is 12.6. The van der Waals surface area contributed by atoms with Crippen LogP contribution in [0.3, 0.4) is 0 Å². The van der Waals surface area contributed by atoms with E-state index in [0.29, 0.717) is 21.9 Å². The molecule has 3 aromatic rings. The fourth-order valence-electron chi connectivity index (χ4n) is 3.23. The summed E-state index contributed by atoms with van der Waals surface area (Å²) >= 11 is 6.07. The molecule has 0 atom stereocenters. The van der Waals surface area contributed by atoms with Crippen molar-refractivity contribution >= 4 is 39.7 Å². The van der Waals surface area contributed by atoms with Crippen LogP contribution in [-0.2, 0) is 19.6 Å². The summed E-state index contributed by atoms with van der Waals surface area (Å²) in [4.78, 5) is 16.8. The summed E-state index contributed by atoms with van der Waals surface area (Å²) in [7, 11) is -2.58. The third kappa shape index (κ3) is 5.47. The van der Waals surface area contributed by atoms with Crippen LogP contribution in [0.5, 0.6) is 17.2 Å². The number of cyclic esters (lactones) is 1. The SMILES string of the molecule is CCOc1cc(/C=C2\N=C(c3cc(Cl)ccc3OC)OC2=O)ccc1OS(=O)(=O)c1ccccc1. The van der Waals surface area contributed by atoms with Crippen molar-refractivity contribution in [2.75, 3.05) is 13.7 Å². The topological polar surface area (TPSA) is 100 Å². The van der Waals surface area contributed by atoms with Crippen molar-refractivity contribution in [3.8, 4) is 17.2 Å². The molecule has 0 aliphatic carbocycles. The van der Waals surface area contributed by atoms with Crippen LogP contribution >= 0.6 is 11.6 Å². The van der Waals surface area contributed by atoms with E-state index >= 15 is 0 Å². The standard InChI is InChI=1S/C25H20ClNO7S/c1-3-32-23-14-16(9-11-22(23)34-35(29,30)18-7-5-4-6-8-18)13-20-25(28)33-24(27-20)19-15-17(26)10-12-21(19)31-2/h4-15H,3H2,1-2H3/b20-13-. The van der Waals surface area contributed by atoms with Gasteiger partial charge in [0.05, 0.1) is 19.3 Å². The van der Waals surface area contributed by atoms with Gasteiger partial charge in [0.2, 0.25) is 5.90 Å². The molecule has 0 N–H and O–H groups in total. The summed E-state index contributed by atoms with van der Waals surface area (Å²) in [5, 5.41) is 0.430. The summed E-state index contributed by atoms with van der Waals surface area (Å²) in [6.07, 6.45) is 1.49. The van der Waals surface area contributed by atoms with Crippen LogP contribution in [-0.4, -0.2) is 34.0 Å². The predicted molar refractivity (Wildman–Crippen MR) is 130 cm³/mol. The van der Waals surface area contributed by atoms with Gasteiger partial charge in [0.1, 0.15) is 10.6 Å². The van der Waals surface area contributed by atoms with Crippen molar-refractivity contribution in [1.82, 2.24) is 0 Å². The summed E-state index contributed by atoms with van der Waals surface area (Å²) in [5.41, 5.74) is 0.990. The molecule has 0 bridgehead atoms. The first-order valence-electron chi connectivity index (χ1n) is 10.4. The lowest BCUT2D eigenvalue weighted by atomic mass is 10.1. The number of carbonyl (C=O) groups is 1. The molecule has 4 rings (SSSR count). The first-order chi connectivity index (χ1) is 16.8. The van der Waals surface area contributed by atoms with Crippen LogP contribution in [0.25, 0.3) is 6.08 Å². The number of benzene rings is 3. The van der Waals surface area contributed by atoms with Crippen LogP contribution in [0, 0.1) is 0 Å². The van der Waals surface area contributed by atoms with E-state index in [2.05, 4.69) is 4.99 Å². The number of methoxy groups -OCH3 is 1.